The van der Waals surface area contributed by atoms with Crippen molar-refractivity contribution in [3.05, 3.63) is 35.4 Å². The lowest BCUT2D eigenvalue weighted by Gasteiger charge is -2.15. The van der Waals surface area contributed by atoms with Crippen LogP contribution in [0.2, 0.25) is 0 Å². The van der Waals surface area contributed by atoms with Crippen molar-refractivity contribution >= 4 is 0 Å². The molecule has 1 aliphatic rings. The predicted octanol–water partition coefficient (Wildman–Crippen LogP) is 4.72. The van der Waals surface area contributed by atoms with Gasteiger partial charge in [0.15, 0.2) is 0 Å². The quantitative estimate of drug-likeness (QED) is 0.747. The van der Waals surface area contributed by atoms with Crippen LogP contribution in [0.4, 0.5) is 0 Å². The Balaban J connectivity index is 1.84. The number of benzene rings is 1. The Bertz CT molecular complexity index is 379. The maximum atomic E-state index is 3.77. The first-order valence-corrected chi connectivity index (χ1v) is 7.95. The fraction of sp³-hybridized carbons (Fsp3) is 0.667. The molecule has 0 spiro atoms. The van der Waals surface area contributed by atoms with Gasteiger partial charge in [0.1, 0.15) is 0 Å². The van der Waals surface area contributed by atoms with E-state index >= 15 is 0 Å². The van der Waals surface area contributed by atoms with Crippen LogP contribution in [-0.4, -0.2) is 6.04 Å². The monoisotopic (exact) mass is 259 g/mol. The highest BCUT2D eigenvalue weighted by Gasteiger charge is 2.36. The molecule has 0 aliphatic heterocycles. The van der Waals surface area contributed by atoms with Crippen molar-refractivity contribution in [2.75, 3.05) is 0 Å². The molecule has 1 nitrogen and oxygen atoms in total. The summed E-state index contributed by atoms with van der Waals surface area (Å²) in [6.07, 6.45) is 5.27. The zero-order chi connectivity index (χ0) is 13.8. The summed E-state index contributed by atoms with van der Waals surface area (Å²) in [6, 6.07) is 10.4. The normalized spacial score (nSPS) is 23.6. The van der Waals surface area contributed by atoms with Gasteiger partial charge in [0.2, 0.25) is 0 Å². The molecule has 1 aromatic carbocycles. The van der Waals surface area contributed by atoms with Crippen molar-refractivity contribution < 1.29 is 0 Å². The minimum absolute atomic E-state index is 0.486. The zero-order valence-corrected chi connectivity index (χ0v) is 12.9. The first-order chi connectivity index (χ1) is 9.10. The highest BCUT2D eigenvalue weighted by molar-refractivity contribution is 5.25. The molecule has 0 aromatic heterocycles. The van der Waals surface area contributed by atoms with E-state index < -0.39 is 0 Å². The third kappa shape index (κ3) is 4.35. The molecule has 0 saturated heterocycles. The molecule has 1 fully saturated rings. The van der Waals surface area contributed by atoms with Gasteiger partial charge in [-0.3, -0.25) is 0 Å². The van der Waals surface area contributed by atoms with Crippen molar-refractivity contribution in [1.29, 1.82) is 0 Å². The fourth-order valence-electron chi connectivity index (χ4n) is 2.97. The highest BCUT2D eigenvalue weighted by atomic mass is 15.0. The molecule has 0 heterocycles. The largest absolute Gasteiger partial charge is 0.307 e. The van der Waals surface area contributed by atoms with Gasteiger partial charge in [-0.05, 0) is 49.1 Å². The van der Waals surface area contributed by atoms with Crippen molar-refractivity contribution in [3.63, 3.8) is 0 Å². The summed E-state index contributed by atoms with van der Waals surface area (Å²) >= 11 is 0. The number of rotatable bonds is 7. The maximum Gasteiger partial charge on any atom is 0.0294 e. The van der Waals surface area contributed by atoms with Crippen LogP contribution in [0.3, 0.4) is 0 Å². The highest BCUT2D eigenvalue weighted by Crippen LogP contribution is 2.36. The van der Waals surface area contributed by atoms with Gasteiger partial charge in [0.05, 0.1) is 0 Å². The SMILES string of the molecule is CCCC1CC1NC(C)c1ccc(CC(C)C)cc1. The molecule has 1 aromatic rings. The molecule has 1 heteroatoms. The second kappa shape index (κ2) is 6.56. The minimum Gasteiger partial charge on any atom is -0.307 e. The van der Waals surface area contributed by atoms with Crippen LogP contribution in [-0.2, 0) is 6.42 Å². The van der Waals surface area contributed by atoms with E-state index in [1.165, 1.54) is 36.8 Å². The van der Waals surface area contributed by atoms with Gasteiger partial charge in [-0.25, -0.2) is 0 Å². The molecular weight excluding hydrogens is 230 g/mol. The summed E-state index contributed by atoms with van der Waals surface area (Å²) in [5.41, 5.74) is 2.89. The summed E-state index contributed by atoms with van der Waals surface area (Å²) < 4.78 is 0. The summed E-state index contributed by atoms with van der Waals surface area (Å²) in [5, 5.41) is 3.77. The maximum absolute atomic E-state index is 3.77. The van der Waals surface area contributed by atoms with Gasteiger partial charge in [0.25, 0.3) is 0 Å². The standard InChI is InChI=1S/C18H29N/c1-5-6-17-12-18(17)19-14(4)16-9-7-15(8-10-16)11-13(2)3/h7-10,13-14,17-19H,5-6,11-12H2,1-4H3. The molecule has 3 unspecified atom stereocenters. The summed E-state index contributed by atoms with van der Waals surface area (Å²) in [5.74, 6) is 1.68. The molecule has 106 valence electrons. The number of hydrogen-bond donors (Lipinski definition) is 1. The van der Waals surface area contributed by atoms with Crippen molar-refractivity contribution in [1.82, 2.24) is 5.32 Å². The first kappa shape index (κ1) is 14.6. The molecule has 0 amide bonds. The van der Waals surface area contributed by atoms with E-state index in [2.05, 4.69) is 57.3 Å². The molecule has 2 rings (SSSR count). The molecule has 1 aliphatic carbocycles. The van der Waals surface area contributed by atoms with Crippen molar-refractivity contribution in [2.24, 2.45) is 11.8 Å². The van der Waals surface area contributed by atoms with Crippen molar-refractivity contribution in [3.8, 4) is 0 Å². The molecule has 1 N–H and O–H groups in total. The Hall–Kier alpha value is -0.820. The van der Waals surface area contributed by atoms with Gasteiger partial charge >= 0.3 is 0 Å². The fourth-order valence-corrected chi connectivity index (χ4v) is 2.97. The van der Waals surface area contributed by atoms with Crippen LogP contribution in [0.15, 0.2) is 24.3 Å². The molecule has 0 radical (unpaired) electrons. The second-order valence-corrected chi connectivity index (χ2v) is 6.62. The van der Waals surface area contributed by atoms with Crippen molar-refractivity contribution in [2.45, 2.75) is 65.5 Å². The average molecular weight is 259 g/mol. The van der Waals surface area contributed by atoms with Gasteiger partial charge in [-0.15, -0.1) is 0 Å². The lowest BCUT2D eigenvalue weighted by atomic mass is 10.00. The molecule has 19 heavy (non-hydrogen) atoms. The van der Waals surface area contributed by atoms with Gasteiger partial charge in [0, 0.05) is 12.1 Å². The Kier molecular flexibility index (Phi) is 5.04. The Morgan fingerprint density at radius 3 is 2.42 bits per heavy atom. The first-order valence-electron chi connectivity index (χ1n) is 7.95. The lowest BCUT2D eigenvalue weighted by molar-refractivity contribution is 0.530. The van der Waals surface area contributed by atoms with Crippen LogP contribution in [0.25, 0.3) is 0 Å². The third-order valence-corrected chi connectivity index (χ3v) is 4.17. The van der Waals surface area contributed by atoms with E-state index in [0.717, 1.165) is 17.9 Å². The van der Waals surface area contributed by atoms with Gasteiger partial charge in [-0.2, -0.15) is 0 Å². The Morgan fingerprint density at radius 2 is 1.84 bits per heavy atom. The number of hydrogen-bond acceptors (Lipinski definition) is 1. The topological polar surface area (TPSA) is 12.0 Å². The zero-order valence-electron chi connectivity index (χ0n) is 12.9. The van der Waals surface area contributed by atoms with E-state index in [4.69, 9.17) is 0 Å². The van der Waals surface area contributed by atoms with E-state index in [1.54, 1.807) is 0 Å². The summed E-state index contributed by atoms with van der Waals surface area (Å²) in [7, 11) is 0. The molecular formula is C18H29N. The smallest absolute Gasteiger partial charge is 0.0294 e. The molecule has 1 saturated carbocycles. The minimum atomic E-state index is 0.486. The van der Waals surface area contributed by atoms with Crippen LogP contribution in [0.1, 0.15) is 64.1 Å². The Morgan fingerprint density at radius 1 is 1.16 bits per heavy atom. The molecule has 0 bridgehead atoms. The van der Waals surface area contributed by atoms with Gasteiger partial charge in [-0.1, -0.05) is 51.5 Å². The van der Waals surface area contributed by atoms with E-state index in [0.29, 0.717) is 6.04 Å². The number of nitrogens with one attached hydrogen (secondary N) is 1. The van der Waals surface area contributed by atoms with Crippen LogP contribution >= 0.6 is 0 Å². The van der Waals surface area contributed by atoms with Gasteiger partial charge < -0.3 is 5.32 Å². The van der Waals surface area contributed by atoms with E-state index in [9.17, 15) is 0 Å². The summed E-state index contributed by atoms with van der Waals surface area (Å²) in [6.45, 7) is 9.13. The third-order valence-electron chi connectivity index (χ3n) is 4.17. The van der Waals surface area contributed by atoms with E-state index in [-0.39, 0.29) is 0 Å². The molecule has 3 atom stereocenters. The van der Waals surface area contributed by atoms with E-state index in [1.807, 2.05) is 0 Å². The van der Waals surface area contributed by atoms with Crippen LogP contribution in [0.5, 0.6) is 0 Å². The lowest BCUT2D eigenvalue weighted by Crippen LogP contribution is -2.22. The summed E-state index contributed by atoms with van der Waals surface area (Å²) in [4.78, 5) is 0. The Labute approximate surface area is 118 Å². The predicted molar refractivity (Wildman–Crippen MR) is 83.3 cm³/mol. The van der Waals surface area contributed by atoms with Crippen LogP contribution in [0, 0.1) is 11.8 Å². The average Bonchev–Trinajstić information content (AvgIpc) is 3.08. The second-order valence-electron chi connectivity index (χ2n) is 6.62. The van der Waals surface area contributed by atoms with Crippen LogP contribution < -0.4 is 5.32 Å².